The van der Waals surface area contributed by atoms with Gasteiger partial charge in [0.05, 0.1) is 5.60 Å². The molecule has 0 saturated heterocycles. The molecule has 0 bridgehead atoms. The Labute approximate surface area is 112 Å². The first-order valence-electron chi connectivity index (χ1n) is 6.85. The van der Waals surface area contributed by atoms with Gasteiger partial charge in [-0.2, -0.15) is 0 Å². The van der Waals surface area contributed by atoms with Crippen LogP contribution in [0.4, 0.5) is 0 Å². The van der Waals surface area contributed by atoms with Crippen LogP contribution in [0.2, 0.25) is 0 Å². The van der Waals surface area contributed by atoms with Gasteiger partial charge in [-0.05, 0) is 44.2 Å². The number of hydrogen-bond acceptors (Lipinski definition) is 2. The van der Waals surface area contributed by atoms with E-state index < -0.39 is 0 Å². The number of rotatable bonds is 6. The predicted molar refractivity (Wildman–Crippen MR) is 77.9 cm³/mol. The number of hydrogen-bond donors (Lipinski definition) is 1. The molecule has 1 rings (SSSR count). The molecule has 0 radical (unpaired) electrons. The van der Waals surface area contributed by atoms with Crippen LogP contribution in [0.1, 0.15) is 51.7 Å². The largest absolute Gasteiger partial charge is 0.374 e. The molecule has 0 aromatic heterocycles. The first kappa shape index (κ1) is 15.2. The fourth-order valence-electron chi connectivity index (χ4n) is 2.02. The molecule has 1 unspecified atom stereocenters. The molecule has 0 aliphatic rings. The van der Waals surface area contributed by atoms with E-state index in [1.165, 1.54) is 11.1 Å². The summed E-state index contributed by atoms with van der Waals surface area (Å²) in [5.74, 6) is 0.576. The minimum Gasteiger partial charge on any atom is -0.374 e. The molecule has 102 valence electrons. The normalized spacial score (nSPS) is 13.9. The number of ether oxygens (including phenoxy) is 1. The van der Waals surface area contributed by atoms with E-state index in [4.69, 9.17) is 10.5 Å². The van der Waals surface area contributed by atoms with Crippen molar-refractivity contribution in [1.82, 2.24) is 0 Å². The highest BCUT2D eigenvalue weighted by Crippen LogP contribution is 2.19. The smallest absolute Gasteiger partial charge is 0.0779 e. The van der Waals surface area contributed by atoms with Crippen molar-refractivity contribution in [1.29, 1.82) is 0 Å². The lowest BCUT2D eigenvalue weighted by Crippen LogP contribution is -2.46. The summed E-state index contributed by atoms with van der Waals surface area (Å²) in [6.45, 7) is 11.2. The summed E-state index contributed by atoms with van der Waals surface area (Å²) in [5.41, 5.74) is 8.62. The summed E-state index contributed by atoms with van der Waals surface area (Å²) in [4.78, 5) is 0. The van der Waals surface area contributed by atoms with E-state index in [9.17, 15) is 0 Å². The van der Waals surface area contributed by atoms with Crippen LogP contribution in [0.25, 0.3) is 0 Å². The molecular weight excluding hydrogens is 222 g/mol. The topological polar surface area (TPSA) is 35.2 Å². The standard InChI is InChI=1S/C16H27NO/c1-6-18-16(4,5)15(17)11-13-7-9-14(10-8-13)12(2)3/h7-10,12,15H,6,11,17H2,1-5H3. The Balaban J connectivity index is 2.67. The lowest BCUT2D eigenvalue weighted by molar-refractivity contribution is -0.0288. The molecule has 2 nitrogen and oxygen atoms in total. The van der Waals surface area contributed by atoms with E-state index >= 15 is 0 Å². The lowest BCUT2D eigenvalue weighted by atomic mass is 9.92. The molecule has 18 heavy (non-hydrogen) atoms. The second-order valence-corrected chi connectivity index (χ2v) is 5.74. The Morgan fingerprint density at radius 3 is 2.17 bits per heavy atom. The average Bonchev–Trinajstić information content (AvgIpc) is 2.29. The van der Waals surface area contributed by atoms with Crippen LogP contribution in [0.5, 0.6) is 0 Å². The fraction of sp³-hybridized carbons (Fsp3) is 0.625. The molecule has 0 aliphatic heterocycles. The first-order valence-corrected chi connectivity index (χ1v) is 6.85. The van der Waals surface area contributed by atoms with Crippen molar-refractivity contribution >= 4 is 0 Å². The molecule has 2 N–H and O–H groups in total. The van der Waals surface area contributed by atoms with Crippen LogP contribution < -0.4 is 5.73 Å². The molecule has 0 heterocycles. The quantitative estimate of drug-likeness (QED) is 0.837. The zero-order valence-electron chi connectivity index (χ0n) is 12.4. The highest BCUT2D eigenvalue weighted by atomic mass is 16.5. The first-order chi connectivity index (χ1) is 8.36. The van der Waals surface area contributed by atoms with Crippen LogP contribution in [0.15, 0.2) is 24.3 Å². The van der Waals surface area contributed by atoms with Gasteiger partial charge < -0.3 is 10.5 Å². The molecule has 0 fully saturated rings. The second-order valence-electron chi connectivity index (χ2n) is 5.74. The van der Waals surface area contributed by atoms with Crippen molar-refractivity contribution in [3.63, 3.8) is 0 Å². The van der Waals surface area contributed by atoms with Crippen LogP contribution in [-0.2, 0) is 11.2 Å². The van der Waals surface area contributed by atoms with Crippen molar-refractivity contribution in [2.75, 3.05) is 6.61 Å². The molecular formula is C16H27NO. The van der Waals surface area contributed by atoms with E-state index in [1.54, 1.807) is 0 Å². The van der Waals surface area contributed by atoms with Crippen molar-refractivity contribution in [3.05, 3.63) is 35.4 Å². The fourth-order valence-corrected chi connectivity index (χ4v) is 2.02. The lowest BCUT2D eigenvalue weighted by Gasteiger charge is -2.31. The third-order valence-corrected chi connectivity index (χ3v) is 3.51. The second kappa shape index (κ2) is 6.35. The summed E-state index contributed by atoms with van der Waals surface area (Å²) in [5, 5.41) is 0. The van der Waals surface area contributed by atoms with Gasteiger partial charge in [0.1, 0.15) is 0 Å². The molecule has 1 atom stereocenters. The molecule has 0 amide bonds. The highest BCUT2D eigenvalue weighted by Gasteiger charge is 2.26. The summed E-state index contributed by atoms with van der Waals surface area (Å²) in [6, 6.07) is 8.76. The van der Waals surface area contributed by atoms with Crippen LogP contribution in [0.3, 0.4) is 0 Å². The highest BCUT2D eigenvalue weighted by molar-refractivity contribution is 5.25. The zero-order valence-corrected chi connectivity index (χ0v) is 12.4. The van der Waals surface area contributed by atoms with Crippen LogP contribution >= 0.6 is 0 Å². The van der Waals surface area contributed by atoms with Crippen molar-refractivity contribution in [2.45, 2.75) is 58.6 Å². The van der Waals surface area contributed by atoms with Gasteiger partial charge in [-0.3, -0.25) is 0 Å². The van der Waals surface area contributed by atoms with Crippen molar-refractivity contribution < 1.29 is 4.74 Å². The molecule has 0 saturated carbocycles. The summed E-state index contributed by atoms with van der Waals surface area (Å²) >= 11 is 0. The Morgan fingerprint density at radius 1 is 1.17 bits per heavy atom. The van der Waals surface area contributed by atoms with Crippen molar-refractivity contribution in [3.8, 4) is 0 Å². The van der Waals surface area contributed by atoms with Gasteiger partial charge in [0, 0.05) is 12.6 Å². The number of benzene rings is 1. The third kappa shape index (κ3) is 4.11. The Bertz CT molecular complexity index is 354. The van der Waals surface area contributed by atoms with Gasteiger partial charge in [-0.25, -0.2) is 0 Å². The molecule has 0 aliphatic carbocycles. The maximum absolute atomic E-state index is 6.24. The molecule has 2 heteroatoms. The van der Waals surface area contributed by atoms with E-state index in [1.807, 2.05) is 6.92 Å². The number of nitrogens with two attached hydrogens (primary N) is 1. The third-order valence-electron chi connectivity index (χ3n) is 3.51. The summed E-state index contributed by atoms with van der Waals surface area (Å²) in [6.07, 6.45) is 0.853. The summed E-state index contributed by atoms with van der Waals surface area (Å²) in [7, 11) is 0. The minimum atomic E-state index is -0.272. The maximum atomic E-state index is 6.24. The van der Waals surface area contributed by atoms with Gasteiger partial charge in [0.2, 0.25) is 0 Å². The van der Waals surface area contributed by atoms with Gasteiger partial charge >= 0.3 is 0 Å². The van der Waals surface area contributed by atoms with Gasteiger partial charge in [0.15, 0.2) is 0 Å². The predicted octanol–water partition coefficient (Wildman–Crippen LogP) is 3.49. The zero-order chi connectivity index (χ0) is 13.8. The Kier molecular flexibility index (Phi) is 5.36. The monoisotopic (exact) mass is 249 g/mol. The molecule has 1 aromatic rings. The van der Waals surface area contributed by atoms with Gasteiger partial charge in [-0.15, -0.1) is 0 Å². The Morgan fingerprint density at radius 2 is 1.72 bits per heavy atom. The average molecular weight is 249 g/mol. The van der Waals surface area contributed by atoms with E-state index in [-0.39, 0.29) is 11.6 Å². The molecule has 0 spiro atoms. The van der Waals surface area contributed by atoms with Crippen molar-refractivity contribution in [2.24, 2.45) is 5.73 Å². The molecule has 1 aromatic carbocycles. The van der Waals surface area contributed by atoms with E-state index in [0.717, 1.165) is 6.42 Å². The van der Waals surface area contributed by atoms with E-state index in [0.29, 0.717) is 12.5 Å². The van der Waals surface area contributed by atoms with Crippen LogP contribution in [-0.4, -0.2) is 18.2 Å². The summed E-state index contributed by atoms with van der Waals surface area (Å²) < 4.78 is 5.70. The van der Waals surface area contributed by atoms with Gasteiger partial charge in [0.25, 0.3) is 0 Å². The van der Waals surface area contributed by atoms with Crippen LogP contribution in [0, 0.1) is 0 Å². The maximum Gasteiger partial charge on any atom is 0.0779 e. The Hall–Kier alpha value is -0.860. The van der Waals surface area contributed by atoms with E-state index in [2.05, 4.69) is 52.0 Å². The SMILES string of the molecule is CCOC(C)(C)C(N)Cc1ccc(C(C)C)cc1. The minimum absolute atomic E-state index is 0.0161. The van der Waals surface area contributed by atoms with Gasteiger partial charge in [-0.1, -0.05) is 38.1 Å².